The molecule has 1 aliphatic heterocycles. The SMILES string of the molecule is COC(=O)[C@@H]1[C@@H]2C[C@@H]3[C@H]1C(=O)O[C@H]3C2. The van der Waals surface area contributed by atoms with Crippen LogP contribution >= 0.6 is 0 Å². The fraction of sp³-hybridized carbons (Fsp3) is 0.800. The third-order valence-electron chi connectivity index (χ3n) is 3.96. The highest BCUT2D eigenvalue weighted by atomic mass is 16.6. The molecular weight excluding hydrogens is 184 g/mol. The summed E-state index contributed by atoms with van der Waals surface area (Å²) < 4.78 is 9.96. The van der Waals surface area contributed by atoms with Gasteiger partial charge >= 0.3 is 11.9 Å². The first-order valence-corrected chi connectivity index (χ1v) is 5.00. The molecule has 2 aliphatic carbocycles. The molecule has 0 amide bonds. The van der Waals surface area contributed by atoms with Crippen LogP contribution in [-0.4, -0.2) is 25.2 Å². The summed E-state index contributed by atoms with van der Waals surface area (Å²) in [5, 5.41) is 0. The van der Waals surface area contributed by atoms with E-state index in [4.69, 9.17) is 9.47 Å². The first kappa shape index (κ1) is 8.26. The maximum absolute atomic E-state index is 11.5. The number of ether oxygens (including phenoxy) is 2. The molecule has 1 heterocycles. The van der Waals surface area contributed by atoms with Crippen molar-refractivity contribution in [1.82, 2.24) is 0 Å². The Balaban J connectivity index is 1.95. The molecule has 0 N–H and O–H groups in total. The second kappa shape index (κ2) is 2.49. The number of hydrogen-bond donors (Lipinski definition) is 0. The van der Waals surface area contributed by atoms with Gasteiger partial charge in [0.15, 0.2) is 0 Å². The number of esters is 2. The molecule has 76 valence electrons. The second-order valence-electron chi connectivity index (χ2n) is 4.45. The van der Waals surface area contributed by atoms with Crippen LogP contribution in [-0.2, 0) is 19.1 Å². The summed E-state index contributed by atoms with van der Waals surface area (Å²) in [5.41, 5.74) is 0. The minimum Gasteiger partial charge on any atom is -0.469 e. The van der Waals surface area contributed by atoms with Crippen molar-refractivity contribution in [2.24, 2.45) is 23.7 Å². The summed E-state index contributed by atoms with van der Waals surface area (Å²) >= 11 is 0. The summed E-state index contributed by atoms with van der Waals surface area (Å²) in [6.07, 6.45) is 1.91. The smallest absolute Gasteiger partial charge is 0.310 e. The Kier molecular flexibility index (Phi) is 1.47. The van der Waals surface area contributed by atoms with Crippen LogP contribution in [0.25, 0.3) is 0 Å². The molecular formula is C10H12O4. The Labute approximate surface area is 81.6 Å². The Hall–Kier alpha value is -1.06. The lowest BCUT2D eigenvalue weighted by atomic mass is 9.80. The highest BCUT2D eigenvalue weighted by molar-refractivity contribution is 5.85. The van der Waals surface area contributed by atoms with E-state index in [-0.39, 0.29) is 35.8 Å². The van der Waals surface area contributed by atoms with Gasteiger partial charge < -0.3 is 9.47 Å². The van der Waals surface area contributed by atoms with Crippen molar-refractivity contribution in [3.8, 4) is 0 Å². The Morgan fingerprint density at radius 1 is 1.50 bits per heavy atom. The molecule has 0 aromatic heterocycles. The number of rotatable bonds is 1. The minimum absolute atomic E-state index is 0.0957. The van der Waals surface area contributed by atoms with Crippen molar-refractivity contribution in [1.29, 1.82) is 0 Å². The summed E-state index contributed by atoms with van der Waals surface area (Å²) in [6, 6.07) is 0. The molecule has 3 fully saturated rings. The molecule has 2 saturated carbocycles. The zero-order valence-electron chi connectivity index (χ0n) is 7.93. The largest absolute Gasteiger partial charge is 0.469 e. The molecule has 2 bridgehead atoms. The lowest BCUT2D eigenvalue weighted by Crippen LogP contribution is -2.32. The zero-order valence-corrected chi connectivity index (χ0v) is 7.93. The van der Waals surface area contributed by atoms with Gasteiger partial charge in [-0.3, -0.25) is 9.59 Å². The van der Waals surface area contributed by atoms with Crippen LogP contribution < -0.4 is 0 Å². The number of carbonyl (C=O) groups excluding carboxylic acids is 2. The highest BCUT2D eigenvalue weighted by Crippen LogP contribution is 2.57. The molecule has 4 nitrogen and oxygen atoms in total. The lowest BCUT2D eigenvalue weighted by Gasteiger charge is -2.21. The predicted molar refractivity (Wildman–Crippen MR) is 45.1 cm³/mol. The van der Waals surface area contributed by atoms with Crippen LogP contribution in [0.5, 0.6) is 0 Å². The van der Waals surface area contributed by atoms with Crippen LogP contribution in [0.1, 0.15) is 12.8 Å². The topological polar surface area (TPSA) is 52.6 Å². The van der Waals surface area contributed by atoms with Crippen molar-refractivity contribution in [2.45, 2.75) is 18.9 Å². The first-order chi connectivity index (χ1) is 6.72. The van der Waals surface area contributed by atoms with Gasteiger partial charge in [-0.2, -0.15) is 0 Å². The molecule has 0 aromatic carbocycles. The van der Waals surface area contributed by atoms with E-state index in [1.807, 2.05) is 0 Å². The number of hydrogen-bond acceptors (Lipinski definition) is 4. The number of fused-ring (bicyclic) bond motifs is 1. The van der Waals surface area contributed by atoms with E-state index in [1.54, 1.807) is 0 Å². The van der Waals surface area contributed by atoms with E-state index in [1.165, 1.54) is 7.11 Å². The monoisotopic (exact) mass is 196 g/mol. The molecule has 3 rings (SSSR count). The fourth-order valence-corrected chi connectivity index (χ4v) is 3.46. The van der Waals surface area contributed by atoms with Crippen molar-refractivity contribution in [3.05, 3.63) is 0 Å². The van der Waals surface area contributed by atoms with E-state index in [9.17, 15) is 9.59 Å². The van der Waals surface area contributed by atoms with Crippen molar-refractivity contribution in [3.63, 3.8) is 0 Å². The highest BCUT2D eigenvalue weighted by Gasteiger charge is 2.64. The molecule has 5 atom stereocenters. The zero-order chi connectivity index (χ0) is 9.87. The molecule has 0 unspecified atom stereocenters. The molecule has 1 saturated heterocycles. The molecule has 0 radical (unpaired) electrons. The van der Waals surface area contributed by atoms with E-state index < -0.39 is 0 Å². The number of methoxy groups -OCH3 is 1. The average Bonchev–Trinajstić information content (AvgIpc) is 2.75. The lowest BCUT2D eigenvalue weighted by molar-refractivity contribution is -0.153. The van der Waals surface area contributed by atoms with E-state index in [0.717, 1.165) is 12.8 Å². The van der Waals surface area contributed by atoms with E-state index >= 15 is 0 Å². The summed E-state index contributed by atoms with van der Waals surface area (Å²) in [4.78, 5) is 23.0. The molecule has 4 heteroatoms. The van der Waals surface area contributed by atoms with Crippen LogP contribution in [0.2, 0.25) is 0 Å². The third-order valence-corrected chi connectivity index (χ3v) is 3.96. The van der Waals surface area contributed by atoms with Gasteiger partial charge in [0.2, 0.25) is 0 Å². The van der Waals surface area contributed by atoms with Gasteiger partial charge in [0.1, 0.15) is 6.10 Å². The van der Waals surface area contributed by atoms with Crippen molar-refractivity contribution in [2.75, 3.05) is 7.11 Å². The molecule has 14 heavy (non-hydrogen) atoms. The first-order valence-electron chi connectivity index (χ1n) is 5.00. The van der Waals surface area contributed by atoms with Gasteiger partial charge in [0.25, 0.3) is 0 Å². The predicted octanol–water partition coefficient (Wildman–Crippen LogP) is 0.357. The van der Waals surface area contributed by atoms with Crippen LogP contribution in [0.15, 0.2) is 0 Å². The van der Waals surface area contributed by atoms with Crippen LogP contribution in [0.4, 0.5) is 0 Å². The molecule has 0 spiro atoms. The Morgan fingerprint density at radius 3 is 3.00 bits per heavy atom. The summed E-state index contributed by atoms with van der Waals surface area (Å²) in [6.45, 7) is 0. The van der Waals surface area contributed by atoms with Gasteiger partial charge in [-0.05, 0) is 18.8 Å². The summed E-state index contributed by atoms with van der Waals surface area (Å²) in [5.74, 6) is -0.247. The van der Waals surface area contributed by atoms with Gasteiger partial charge in [0.05, 0.1) is 18.9 Å². The fourth-order valence-electron chi connectivity index (χ4n) is 3.46. The molecule has 0 aromatic rings. The normalized spacial score (nSPS) is 48.1. The third kappa shape index (κ3) is 0.792. The maximum Gasteiger partial charge on any atom is 0.310 e. The summed E-state index contributed by atoms with van der Waals surface area (Å²) in [7, 11) is 1.38. The van der Waals surface area contributed by atoms with Gasteiger partial charge in [-0.15, -0.1) is 0 Å². The van der Waals surface area contributed by atoms with E-state index in [2.05, 4.69) is 0 Å². The average molecular weight is 196 g/mol. The van der Waals surface area contributed by atoms with Gasteiger partial charge in [0, 0.05) is 5.92 Å². The standard InChI is InChI=1S/C10H12O4/c1-13-9(11)7-4-2-5-6(3-4)14-10(12)8(5)7/h4-8H,2-3H2,1H3/t4-,5+,6+,7-,8-/m1/s1. The Bertz CT molecular complexity index is 309. The quantitative estimate of drug-likeness (QED) is 0.568. The van der Waals surface area contributed by atoms with Crippen LogP contribution in [0, 0.1) is 23.7 Å². The van der Waals surface area contributed by atoms with E-state index in [0.29, 0.717) is 5.92 Å². The second-order valence-corrected chi connectivity index (χ2v) is 4.45. The van der Waals surface area contributed by atoms with Gasteiger partial charge in [-0.1, -0.05) is 0 Å². The van der Waals surface area contributed by atoms with Crippen molar-refractivity contribution >= 4 is 11.9 Å². The van der Waals surface area contributed by atoms with Crippen LogP contribution in [0.3, 0.4) is 0 Å². The Morgan fingerprint density at radius 2 is 2.29 bits per heavy atom. The molecule has 3 aliphatic rings. The maximum atomic E-state index is 11.5. The van der Waals surface area contributed by atoms with Crippen molar-refractivity contribution < 1.29 is 19.1 Å². The minimum atomic E-state index is -0.236. The van der Waals surface area contributed by atoms with Gasteiger partial charge in [-0.25, -0.2) is 0 Å². The number of carbonyl (C=O) groups is 2.